The van der Waals surface area contributed by atoms with Crippen LogP contribution in [0.1, 0.15) is 0 Å². The molecular weight excluding hydrogens is 98.0 g/mol. The van der Waals surface area contributed by atoms with Crippen molar-refractivity contribution in [2.75, 3.05) is 6.79 Å². The molecule has 4 heteroatoms. The molecule has 40 valence electrons. The lowest BCUT2D eigenvalue weighted by Crippen LogP contribution is -2.02. The van der Waals surface area contributed by atoms with Gasteiger partial charge < -0.3 is 20.2 Å². The molecule has 0 saturated heterocycles. The van der Waals surface area contributed by atoms with Gasteiger partial charge in [0, 0.05) is 0 Å². The van der Waals surface area contributed by atoms with Crippen molar-refractivity contribution < 1.29 is 9.47 Å². The third-order valence-corrected chi connectivity index (χ3v) is 0.573. The molecule has 0 unspecified atom stereocenters. The van der Waals surface area contributed by atoms with E-state index in [1.165, 1.54) is 11.7 Å². The van der Waals surface area contributed by atoms with E-state index < -0.39 is 0 Å². The molecule has 4 nitrogen and oxygen atoms in total. The summed E-state index contributed by atoms with van der Waals surface area (Å²) in [5.74, 6) is 0.139. The molecule has 7 heavy (non-hydrogen) atoms. The Balaban J connectivity index is 2.36. The summed E-state index contributed by atoms with van der Waals surface area (Å²) < 4.78 is 9.02. The molecule has 0 aromatic carbocycles. The highest BCUT2D eigenvalue weighted by Crippen LogP contribution is 1.99. The first-order valence-corrected chi connectivity index (χ1v) is 1.76. The number of hydroxylamine groups is 1. The van der Waals surface area contributed by atoms with Crippen LogP contribution in [0.3, 0.4) is 0 Å². The molecule has 1 rings (SSSR count). The third kappa shape index (κ3) is 0.747. The topological polar surface area (TPSA) is 53.5 Å². The lowest BCUT2D eigenvalue weighted by Gasteiger charge is -2.05. The first kappa shape index (κ1) is 4.26. The molecule has 1 N–H and O–H groups in total. The second-order valence-electron chi connectivity index (χ2n) is 1.01. The van der Waals surface area contributed by atoms with Crippen LogP contribution >= 0.6 is 0 Å². The van der Waals surface area contributed by atoms with Gasteiger partial charge in [0.25, 0.3) is 0 Å². The second-order valence-corrected chi connectivity index (χ2v) is 1.01. The number of rotatable bonds is 1. The summed E-state index contributed by atoms with van der Waals surface area (Å²) in [6.45, 7) is 0.143. The van der Waals surface area contributed by atoms with Crippen molar-refractivity contribution in [3.63, 3.8) is 0 Å². The maximum atomic E-state index is 9.61. The second kappa shape index (κ2) is 1.70. The predicted molar refractivity (Wildman–Crippen MR) is 21.6 cm³/mol. The van der Waals surface area contributed by atoms with E-state index in [2.05, 4.69) is 9.47 Å². The van der Waals surface area contributed by atoms with Crippen molar-refractivity contribution in [1.82, 2.24) is 5.48 Å². The van der Waals surface area contributed by atoms with Gasteiger partial charge >= 0.3 is 0 Å². The van der Waals surface area contributed by atoms with E-state index in [-0.39, 0.29) is 12.7 Å². The van der Waals surface area contributed by atoms with Gasteiger partial charge in [-0.05, 0) is 0 Å². The summed E-state index contributed by atoms with van der Waals surface area (Å²) in [5, 5.41) is 9.61. The minimum Gasteiger partial charge on any atom is -0.759 e. The normalized spacial score (nSPS) is 17.0. The highest BCUT2D eigenvalue weighted by atomic mass is 16.7. The highest BCUT2D eigenvalue weighted by Gasteiger charge is 1.97. The average Bonchev–Trinajstić information content (AvgIpc) is 2.14. The molecule has 0 radical (unpaired) electrons. The Morgan fingerprint density at radius 1 is 1.86 bits per heavy atom. The van der Waals surface area contributed by atoms with E-state index in [0.29, 0.717) is 0 Å². The average molecular weight is 102 g/mol. The van der Waals surface area contributed by atoms with E-state index in [1.807, 2.05) is 0 Å². The van der Waals surface area contributed by atoms with E-state index in [0.717, 1.165) is 0 Å². The number of hydrogen-bond acceptors (Lipinski definition) is 4. The summed E-state index contributed by atoms with van der Waals surface area (Å²) in [7, 11) is 0. The Morgan fingerprint density at radius 2 is 2.71 bits per heavy atom. The Hall–Kier alpha value is -0.900. The zero-order valence-corrected chi connectivity index (χ0v) is 3.51. The van der Waals surface area contributed by atoms with Crippen LogP contribution < -0.4 is 5.48 Å². The molecule has 0 amide bonds. The van der Waals surface area contributed by atoms with Crippen molar-refractivity contribution in [2.24, 2.45) is 0 Å². The minimum atomic E-state index is 0.139. The molecule has 0 aromatic heterocycles. The van der Waals surface area contributed by atoms with Gasteiger partial charge in [0.15, 0.2) is 0 Å². The first-order valence-electron chi connectivity index (χ1n) is 1.76. The molecule has 1 aliphatic rings. The summed E-state index contributed by atoms with van der Waals surface area (Å²) in [6.07, 6.45) is 1.23. The summed E-state index contributed by atoms with van der Waals surface area (Å²) in [6, 6.07) is 0. The number of hydrogen-bond donors (Lipinski definition) is 1. The van der Waals surface area contributed by atoms with E-state index in [9.17, 15) is 5.21 Å². The van der Waals surface area contributed by atoms with Gasteiger partial charge in [-0.2, -0.15) is 0 Å². The van der Waals surface area contributed by atoms with Crippen molar-refractivity contribution >= 4 is 0 Å². The molecule has 0 aliphatic carbocycles. The van der Waals surface area contributed by atoms with E-state index in [1.54, 1.807) is 0 Å². The van der Waals surface area contributed by atoms with Crippen LogP contribution in [0.25, 0.3) is 0 Å². The zero-order valence-electron chi connectivity index (χ0n) is 3.51. The largest absolute Gasteiger partial charge is 0.759 e. The number of ether oxygens (including phenoxy) is 2. The lowest BCUT2D eigenvalue weighted by atomic mass is 10.9. The molecule has 0 saturated carbocycles. The molecule has 0 aromatic rings. The van der Waals surface area contributed by atoms with Crippen LogP contribution in [0, 0.1) is 5.21 Å². The Morgan fingerprint density at radius 3 is 3.00 bits per heavy atom. The molecule has 0 bridgehead atoms. The molecule has 1 heterocycles. The first-order chi connectivity index (χ1) is 3.43. The van der Waals surface area contributed by atoms with Crippen LogP contribution in [-0.2, 0) is 9.47 Å². The van der Waals surface area contributed by atoms with Gasteiger partial charge in [-0.1, -0.05) is 0 Å². The van der Waals surface area contributed by atoms with Crippen molar-refractivity contribution in [3.8, 4) is 0 Å². The minimum absolute atomic E-state index is 0.139. The van der Waals surface area contributed by atoms with Crippen molar-refractivity contribution in [3.05, 3.63) is 17.4 Å². The number of nitrogens with one attached hydrogen (secondary N) is 1. The Bertz CT molecular complexity index is 90.2. The Kier molecular flexibility index (Phi) is 1.04. The smallest absolute Gasteiger partial charge is 0.232 e. The Labute approximate surface area is 40.3 Å². The van der Waals surface area contributed by atoms with Gasteiger partial charge in [-0.15, -0.1) is 0 Å². The van der Waals surface area contributed by atoms with Crippen LogP contribution in [0.5, 0.6) is 0 Å². The molecule has 0 fully saturated rings. The van der Waals surface area contributed by atoms with Gasteiger partial charge in [-0.25, -0.2) is 0 Å². The lowest BCUT2D eigenvalue weighted by molar-refractivity contribution is 0.0764. The summed E-state index contributed by atoms with van der Waals surface area (Å²) in [4.78, 5) is 0. The van der Waals surface area contributed by atoms with Gasteiger partial charge in [0.1, 0.15) is 6.26 Å². The van der Waals surface area contributed by atoms with Gasteiger partial charge in [0.2, 0.25) is 12.7 Å². The molecular formula is C3H4NO3-. The molecule has 0 atom stereocenters. The maximum Gasteiger partial charge on any atom is 0.232 e. The predicted octanol–water partition coefficient (Wildman–Crippen LogP) is -0.123. The molecule has 1 aliphatic heterocycles. The third-order valence-electron chi connectivity index (χ3n) is 0.573. The quantitative estimate of drug-likeness (QED) is 0.469. The fourth-order valence-electron chi connectivity index (χ4n) is 0.295. The highest BCUT2D eigenvalue weighted by molar-refractivity contribution is 4.86. The van der Waals surface area contributed by atoms with Crippen LogP contribution in [-0.4, -0.2) is 6.79 Å². The maximum absolute atomic E-state index is 9.61. The fraction of sp³-hybridized carbons (Fsp3) is 0.333. The SMILES string of the molecule is [O-]NC1=COCO1. The van der Waals surface area contributed by atoms with Gasteiger partial charge in [-0.3, -0.25) is 0 Å². The fourth-order valence-corrected chi connectivity index (χ4v) is 0.295. The summed E-state index contributed by atoms with van der Waals surface area (Å²) in [5.41, 5.74) is 1.53. The van der Waals surface area contributed by atoms with E-state index in [4.69, 9.17) is 0 Å². The van der Waals surface area contributed by atoms with Crippen LogP contribution in [0.4, 0.5) is 0 Å². The standard InChI is InChI=1S/C3H4NO3/c5-4-3-1-6-2-7-3/h1,4H,2H2/q-1. The monoisotopic (exact) mass is 102 g/mol. The van der Waals surface area contributed by atoms with Crippen molar-refractivity contribution in [2.45, 2.75) is 0 Å². The van der Waals surface area contributed by atoms with Crippen LogP contribution in [0.15, 0.2) is 12.1 Å². The van der Waals surface area contributed by atoms with Crippen molar-refractivity contribution in [1.29, 1.82) is 0 Å². The zero-order chi connectivity index (χ0) is 5.11. The van der Waals surface area contributed by atoms with E-state index >= 15 is 0 Å². The molecule has 0 spiro atoms. The summed E-state index contributed by atoms with van der Waals surface area (Å²) >= 11 is 0. The van der Waals surface area contributed by atoms with Gasteiger partial charge in [0.05, 0.1) is 0 Å². The van der Waals surface area contributed by atoms with Crippen LogP contribution in [0.2, 0.25) is 0 Å².